The summed E-state index contributed by atoms with van der Waals surface area (Å²) in [7, 11) is 0. The van der Waals surface area contributed by atoms with Crippen molar-refractivity contribution in [2.75, 3.05) is 0 Å². The molecule has 1 N–H and O–H groups in total. The summed E-state index contributed by atoms with van der Waals surface area (Å²) in [6.07, 6.45) is 0. The highest BCUT2D eigenvalue weighted by atomic mass is 35.5. The molecule has 2 aromatic heterocycles. The average Bonchev–Trinajstić information content (AvgIpc) is 2.76. The van der Waals surface area contributed by atoms with E-state index < -0.39 is 0 Å². The lowest BCUT2D eigenvalue weighted by Gasteiger charge is -2.17. The van der Waals surface area contributed by atoms with Crippen molar-refractivity contribution in [1.82, 2.24) is 14.6 Å². The third kappa shape index (κ3) is 2.44. The molecule has 0 spiro atoms. The lowest BCUT2D eigenvalue weighted by atomic mass is 9.92. The van der Waals surface area contributed by atoms with Crippen molar-refractivity contribution in [2.45, 2.75) is 33.1 Å². The number of aromatic amines is 1. The van der Waals surface area contributed by atoms with Crippen LogP contribution >= 0.6 is 11.6 Å². The normalized spacial score (nSPS) is 12.0. The van der Waals surface area contributed by atoms with Crippen molar-refractivity contribution >= 4 is 17.2 Å². The molecule has 0 fully saturated rings. The number of halogens is 1. The number of aryl methyl sites for hydroxylation is 1. The van der Waals surface area contributed by atoms with E-state index in [4.69, 9.17) is 16.6 Å². The predicted octanol–water partition coefficient (Wildman–Crippen LogP) is 3.95. The molecule has 114 valence electrons. The van der Waals surface area contributed by atoms with E-state index in [1.165, 1.54) is 4.52 Å². The summed E-state index contributed by atoms with van der Waals surface area (Å²) in [4.78, 5) is 17.1. The van der Waals surface area contributed by atoms with E-state index >= 15 is 0 Å². The van der Waals surface area contributed by atoms with Crippen molar-refractivity contribution < 1.29 is 0 Å². The fourth-order valence-electron chi connectivity index (χ4n) is 2.50. The minimum atomic E-state index is -0.184. The van der Waals surface area contributed by atoms with Crippen molar-refractivity contribution in [2.24, 2.45) is 0 Å². The molecular formula is C17H18ClN3O. The zero-order chi connectivity index (χ0) is 16.1. The number of H-pyrrole nitrogens is 1. The number of nitrogens with zero attached hydrogens (tertiary/aromatic N) is 2. The van der Waals surface area contributed by atoms with E-state index in [1.54, 1.807) is 6.07 Å². The van der Waals surface area contributed by atoms with Crippen molar-refractivity contribution in [3.8, 4) is 11.1 Å². The van der Waals surface area contributed by atoms with Crippen LogP contribution in [0.15, 0.2) is 35.1 Å². The Balaban J connectivity index is 2.35. The first-order valence-electron chi connectivity index (χ1n) is 7.16. The lowest BCUT2D eigenvalue weighted by Crippen LogP contribution is -2.22. The third-order valence-electron chi connectivity index (χ3n) is 3.70. The minimum Gasteiger partial charge on any atom is -0.293 e. The van der Waals surface area contributed by atoms with E-state index in [1.807, 2.05) is 52.0 Å². The van der Waals surface area contributed by atoms with Gasteiger partial charge in [-0.05, 0) is 24.6 Å². The molecule has 0 amide bonds. The van der Waals surface area contributed by atoms with Gasteiger partial charge in [0.2, 0.25) is 0 Å². The van der Waals surface area contributed by atoms with Gasteiger partial charge in [0.1, 0.15) is 0 Å². The molecule has 0 aliphatic heterocycles. The smallest absolute Gasteiger partial charge is 0.272 e. The third-order valence-corrected chi connectivity index (χ3v) is 3.95. The molecule has 0 aliphatic rings. The van der Waals surface area contributed by atoms with Crippen LogP contribution in [0, 0.1) is 6.92 Å². The highest BCUT2D eigenvalue weighted by molar-refractivity contribution is 6.30. The van der Waals surface area contributed by atoms with E-state index in [2.05, 4.69) is 5.10 Å². The molecule has 22 heavy (non-hydrogen) atoms. The number of hydrogen-bond donors (Lipinski definition) is 1. The molecule has 2 heterocycles. The molecule has 0 saturated carbocycles. The van der Waals surface area contributed by atoms with Crippen LogP contribution in [0.1, 0.15) is 32.2 Å². The summed E-state index contributed by atoms with van der Waals surface area (Å²) in [5.41, 5.74) is 3.97. The maximum absolute atomic E-state index is 12.4. The Kier molecular flexibility index (Phi) is 3.37. The van der Waals surface area contributed by atoms with Gasteiger partial charge >= 0.3 is 0 Å². The van der Waals surface area contributed by atoms with Crippen LogP contribution in [-0.2, 0) is 5.41 Å². The maximum Gasteiger partial charge on any atom is 0.272 e. The fraction of sp³-hybridized carbons (Fsp3) is 0.294. The first-order chi connectivity index (χ1) is 10.3. The number of aromatic nitrogens is 3. The molecule has 0 saturated heterocycles. The number of rotatable bonds is 1. The second kappa shape index (κ2) is 4.99. The first kappa shape index (κ1) is 14.9. The van der Waals surface area contributed by atoms with Crippen LogP contribution in [0.3, 0.4) is 0 Å². The van der Waals surface area contributed by atoms with E-state index in [-0.39, 0.29) is 11.0 Å². The zero-order valence-corrected chi connectivity index (χ0v) is 13.8. The predicted molar refractivity (Wildman–Crippen MR) is 89.7 cm³/mol. The Morgan fingerprint density at radius 2 is 1.82 bits per heavy atom. The van der Waals surface area contributed by atoms with Crippen molar-refractivity contribution in [3.05, 3.63) is 57.1 Å². The Morgan fingerprint density at radius 3 is 2.41 bits per heavy atom. The highest BCUT2D eigenvalue weighted by Gasteiger charge is 2.20. The molecule has 1 aromatic carbocycles. The van der Waals surface area contributed by atoms with E-state index in [0.717, 1.165) is 22.5 Å². The highest BCUT2D eigenvalue weighted by Crippen LogP contribution is 2.29. The fourth-order valence-corrected chi connectivity index (χ4v) is 2.62. The van der Waals surface area contributed by atoms with Crippen LogP contribution in [0.2, 0.25) is 5.02 Å². The number of nitrogens with one attached hydrogen (secondary N) is 1. The number of hydrogen-bond acceptors (Lipinski definition) is 2. The van der Waals surface area contributed by atoms with Gasteiger partial charge in [-0.25, -0.2) is 9.50 Å². The van der Waals surface area contributed by atoms with Gasteiger partial charge in [-0.2, -0.15) is 0 Å². The van der Waals surface area contributed by atoms with Gasteiger partial charge in [-0.15, -0.1) is 0 Å². The van der Waals surface area contributed by atoms with E-state index in [9.17, 15) is 4.79 Å². The Bertz CT molecular complexity index is 899. The molecule has 0 aliphatic carbocycles. The van der Waals surface area contributed by atoms with Crippen molar-refractivity contribution in [3.63, 3.8) is 0 Å². The van der Waals surface area contributed by atoms with Gasteiger partial charge in [0, 0.05) is 27.8 Å². The Hall–Kier alpha value is -2.07. The monoisotopic (exact) mass is 315 g/mol. The topological polar surface area (TPSA) is 50.2 Å². The molecule has 5 heteroatoms. The summed E-state index contributed by atoms with van der Waals surface area (Å²) >= 11 is 5.96. The Labute approximate surface area is 133 Å². The minimum absolute atomic E-state index is 0.0989. The standard InChI is InChI=1S/C17H18ClN3O/c1-10-15(11-5-7-12(18)8-6-11)16-19-13(17(2,3)4)9-14(22)21(16)20-10/h5-9,20H,1-4H3. The van der Waals surface area contributed by atoms with Gasteiger partial charge in [0.25, 0.3) is 5.56 Å². The van der Waals surface area contributed by atoms with Crippen molar-refractivity contribution in [1.29, 1.82) is 0 Å². The molecule has 0 unspecified atom stereocenters. The molecule has 0 atom stereocenters. The van der Waals surface area contributed by atoms with Crippen LogP contribution in [0.25, 0.3) is 16.8 Å². The van der Waals surface area contributed by atoms with E-state index in [0.29, 0.717) is 10.7 Å². The average molecular weight is 316 g/mol. The van der Waals surface area contributed by atoms with Gasteiger partial charge in [0.05, 0.1) is 5.69 Å². The van der Waals surface area contributed by atoms with Gasteiger partial charge in [-0.3, -0.25) is 9.89 Å². The van der Waals surface area contributed by atoms with Gasteiger partial charge in [0.15, 0.2) is 5.65 Å². The lowest BCUT2D eigenvalue weighted by molar-refractivity contribution is 0.566. The molecule has 3 rings (SSSR count). The van der Waals surface area contributed by atoms with Crippen LogP contribution < -0.4 is 5.56 Å². The Morgan fingerprint density at radius 1 is 1.18 bits per heavy atom. The number of benzene rings is 1. The zero-order valence-electron chi connectivity index (χ0n) is 13.1. The summed E-state index contributed by atoms with van der Waals surface area (Å²) in [6, 6.07) is 9.15. The molecule has 3 aromatic rings. The SMILES string of the molecule is Cc1[nH]n2c(=O)cc(C(C)(C)C)nc2c1-c1ccc(Cl)cc1. The summed E-state index contributed by atoms with van der Waals surface area (Å²) in [6.45, 7) is 8.08. The second-order valence-electron chi connectivity index (χ2n) is 6.51. The van der Waals surface area contributed by atoms with Crippen LogP contribution in [0.5, 0.6) is 0 Å². The number of fused-ring (bicyclic) bond motifs is 1. The van der Waals surface area contributed by atoms with Gasteiger partial charge in [-0.1, -0.05) is 44.5 Å². The molecular weight excluding hydrogens is 298 g/mol. The van der Waals surface area contributed by atoms with Crippen LogP contribution in [-0.4, -0.2) is 14.6 Å². The maximum atomic E-state index is 12.4. The quantitative estimate of drug-likeness (QED) is 0.739. The first-order valence-corrected chi connectivity index (χ1v) is 7.54. The largest absolute Gasteiger partial charge is 0.293 e. The molecule has 0 bridgehead atoms. The summed E-state index contributed by atoms with van der Waals surface area (Å²) in [5, 5.41) is 3.78. The molecule has 0 radical (unpaired) electrons. The van der Waals surface area contributed by atoms with Gasteiger partial charge < -0.3 is 0 Å². The second-order valence-corrected chi connectivity index (χ2v) is 6.94. The summed E-state index contributed by atoms with van der Waals surface area (Å²) in [5.74, 6) is 0. The molecule has 4 nitrogen and oxygen atoms in total. The van der Waals surface area contributed by atoms with Crippen LogP contribution in [0.4, 0.5) is 0 Å². The summed E-state index contributed by atoms with van der Waals surface area (Å²) < 4.78 is 1.49.